The van der Waals surface area contributed by atoms with Crippen molar-refractivity contribution in [3.05, 3.63) is 17.7 Å². The number of aromatic hydroxyl groups is 1. The average molecular weight is 254 g/mol. The van der Waals surface area contributed by atoms with Crippen LogP contribution in [0.2, 0.25) is 0 Å². The number of carbonyl (C=O) groups excluding carboxylic acids is 1. The molecule has 1 rings (SSSR count). The minimum atomic E-state index is -0.470. The molecular weight excluding hydrogens is 236 g/mol. The van der Waals surface area contributed by atoms with Crippen molar-refractivity contribution in [1.29, 1.82) is 0 Å². The standard InChI is InChI=1S/C13H18O5/c1-4-5-9-6-12(18-8-13(15)17-3)11(16-2)7-10(9)14/h6-7,14H,4-5,8H2,1-3H3. The third-order valence-corrected chi connectivity index (χ3v) is 2.46. The summed E-state index contributed by atoms with van der Waals surface area (Å²) in [6.07, 6.45) is 1.63. The fourth-order valence-electron chi connectivity index (χ4n) is 1.53. The van der Waals surface area contributed by atoms with E-state index in [0.717, 1.165) is 18.4 Å². The van der Waals surface area contributed by atoms with Crippen LogP contribution in [0.1, 0.15) is 18.9 Å². The molecule has 0 aliphatic carbocycles. The maximum absolute atomic E-state index is 11.0. The maximum Gasteiger partial charge on any atom is 0.343 e. The van der Waals surface area contributed by atoms with Crippen LogP contribution in [-0.4, -0.2) is 31.9 Å². The zero-order valence-corrected chi connectivity index (χ0v) is 10.9. The van der Waals surface area contributed by atoms with E-state index in [1.165, 1.54) is 20.3 Å². The number of aryl methyl sites for hydroxylation is 1. The monoisotopic (exact) mass is 254 g/mol. The van der Waals surface area contributed by atoms with Crippen molar-refractivity contribution in [2.24, 2.45) is 0 Å². The molecule has 5 heteroatoms. The van der Waals surface area contributed by atoms with Gasteiger partial charge in [-0.3, -0.25) is 0 Å². The van der Waals surface area contributed by atoms with Crippen LogP contribution in [-0.2, 0) is 16.0 Å². The third-order valence-electron chi connectivity index (χ3n) is 2.46. The van der Waals surface area contributed by atoms with E-state index in [0.29, 0.717) is 11.5 Å². The van der Waals surface area contributed by atoms with Crippen LogP contribution < -0.4 is 9.47 Å². The molecule has 0 aliphatic rings. The summed E-state index contributed by atoms with van der Waals surface area (Å²) in [4.78, 5) is 11.0. The Bertz CT molecular complexity index is 414. The summed E-state index contributed by atoms with van der Waals surface area (Å²) in [5, 5.41) is 9.77. The van der Waals surface area contributed by atoms with Gasteiger partial charge in [0.15, 0.2) is 18.1 Å². The van der Waals surface area contributed by atoms with Gasteiger partial charge < -0.3 is 19.3 Å². The van der Waals surface area contributed by atoms with Crippen LogP contribution >= 0.6 is 0 Å². The van der Waals surface area contributed by atoms with Crippen LogP contribution in [0.5, 0.6) is 17.2 Å². The largest absolute Gasteiger partial charge is 0.508 e. The molecule has 0 saturated carbocycles. The summed E-state index contributed by atoms with van der Waals surface area (Å²) >= 11 is 0. The Balaban J connectivity index is 2.92. The lowest BCUT2D eigenvalue weighted by atomic mass is 10.1. The first-order valence-electron chi connectivity index (χ1n) is 5.71. The summed E-state index contributed by atoms with van der Waals surface area (Å²) in [6.45, 7) is 1.82. The number of phenols is 1. The first-order valence-corrected chi connectivity index (χ1v) is 5.71. The van der Waals surface area contributed by atoms with E-state index in [1.807, 2.05) is 6.92 Å². The molecule has 0 amide bonds. The number of carbonyl (C=O) groups is 1. The van der Waals surface area contributed by atoms with Crippen molar-refractivity contribution in [1.82, 2.24) is 0 Å². The van der Waals surface area contributed by atoms with E-state index in [2.05, 4.69) is 4.74 Å². The van der Waals surface area contributed by atoms with Gasteiger partial charge in [0.2, 0.25) is 0 Å². The van der Waals surface area contributed by atoms with Crippen LogP contribution in [0.15, 0.2) is 12.1 Å². The summed E-state index contributed by atoms with van der Waals surface area (Å²) < 4.78 is 14.9. The van der Waals surface area contributed by atoms with Crippen LogP contribution in [0, 0.1) is 0 Å². The molecule has 1 aromatic rings. The Hall–Kier alpha value is -1.91. The number of esters is 1. The zero-order valence-electron chi connectivity index (χ0n) is 10.9. The van der Waals surface area contributed by atoms with Crippen molar-refractivity contribution < 1.29 is 24.1 Å². The summed E-state index contributed by atoms with van der Waals surface area (Å²) in [6, 6.07) is 3.16. The topological polar surface area (TPSA) is 65.0 Å². The zero-order chi connectivity index (χ0) is 13.5. The van der Waals surface area contributed by atoms with Crippen molar-refractivity contribution in [2.75, 3.05) is 20.8 Å². The van der Waals surface area contributed by atoms with Crippen LogP contribution in [0.3, 0.4) is 0 Å². The molecule has 0 radical (unpaired) electrons. The molecule has 1 aromatic carbocycles. The second-order valence-electron chi connectivity index (χ2n) is 3.75. The van der Waals surface area contributed by atoms with Gasteiger partial charge in [-0.25, -0.2) is 4.79 Å². The van der Waals surface area contributed by atoms with Gasteiger partial charge in [-0.15, -0.1) is 0 Å². The molecule has 0 bridgehead atoms. The fraction of sp³-hybridized carbons (Fsp3) is 0.462. The minimum Gasteiger partial charge on any atom is -0.508 e. The molecule has 5 nitrogen and oxygen atoms in total. The normalized spacial score (nSPS) is 9.94. The van der Waals surface area contributed by atoms with Gasteiger partial charge in [0.25, 0.3) is 0 Å². The van der Waals surface area contributed by atoms with Crippen LogP contribution in [0.25, 0.3) is 0 Å². The van der Waals surface area contributed by atoms with Gasteiger partial charge in [0.1, 0.15) is 5.75 Å². The first kappa shape index (κ1) is 14.2. The highest BCUT2D eigenvalue weighted by Gasteiger charge is 2.12. The number of hydrogen-bond donors (Lipinski definition) is 1. The van der Waals surface area contributed by atoms with Gasteiger partial charge in [-0.05, 0) is 18.1 Å². The molecule has 18 heavy (non-hydrogen) atoms. The Labute approximate surface area is 106 Å². The highest BCUT2D eigenvalue weighted by Crippen LogP contribution is 2.34. The molecule has 0 saturated heterocycles. The van der Waals surface area contributed by atoms with Gasteiger partial charge in [0.05, 0.1) is 14.2 Å². The molecule has 1 N–H and O–H groups in total. The SMILES string of the molecule is CCCc1cc(OCC(=O)OC)c(OC)cc1O. The van der Waals surface area contributed by atoms with Gasteiger partial charge in [-0.2, -0.15) is 0 Å². The second-order valence-corrected chi connectivity index (χ2v) is 3.75. The average Bonchev–Trinajstić information content (AvgIpc) is 2.38. The van der Waals surface area contributed by atoms with Crippen molar-refractivity contribution >= 4 is 5.97 Å². The molecule has 100 valence electrons. The minimum absolute atomic E-state index is 0.166. The molecule has 0 heterocycles. The molecule has 0 spiro atoms. The highest BCUT2D eigenvalue weighted by molar-refractivity contribution is 5.71. The van der Waals surface area contributed by atoms with E-state index < -0.39 is 5.97 Å². The first-order chi connectivity index (χ1) is 8.62. The third kappa shape index (κ3) is 3.55. The smallest absolute Gasteiger partial charge is 0.343 e. The molecule has 0 fully saturated rings. The van der Waals surface area contributed by atoms with Gasteiger partial charge in [-0.1, -0.05) is 13.3 Å². The summed E-state index contributed by atoms with van der Waals surface area (Å²) in [5.74, 6) is 0.502. The van der Waals surface area contributed by atoms with E-state index in [9.17, 15) is 9.90 Å². The number of rotatable bonds is 6. The van der Waals surface area contributed by atoms with E-state index >= 15 is 0 Å². The van der Waals surface area contributed by atoms with Crippen molar-refractivity contribution in [2.45, 2.75) is 19.8 Å². The predicted octanol–water partition coefficient (Wildman–Crippen LogP) is 1.91. The molecule has 0 unspecified atom stereocenters. The van der Waals surface area contributed by atoms with E-state index in [-0.39, 0.29) is 12.4 Å². The Morgan fingerprint density at radius 2 is 2.00 bits per heavy atom. The lowest BCUT2D eigenvalue weighted by molar-refractivity contribution is -0.142. The van der Waals surface area contributed by atoms with Crippen molar-refractivity contribution in [3.8, 4) is 17.2 Å². The van der Waals surface area contributed by atoms with Gasteiger partial charge >= 0.3 is 5.97 Å². The number of hydrogen-bond acceptors (Lipinski definition) is 5. The fourth-order valence-corrected chi connectivity index (χ4v) is 1.53. The number of ether oxygens (including phenoxy) is 3. The molecule has 0 aromatic heterocycles. The Morgan fingerprint density at radius 1 is 1.28 bits per heavy atom. The van der Waals surface area contributed by atoms with Crippen LogP contribution in [0.4, 0.5) is 0 Å². The summed E-state index contributed by atoms with van der Waals surface area (Å²) in [5.41, 5.74) is 0.762. The second kappa shape index (κ2) is 6.74. The van der Waals surface area contributed by atoms with E-state index in [1.54, 1.807) is 6.07 Å². The lowest BCUT2D eigenvalue weighted by Crippen LogP contribution is -2.13. The van der Waals surface area contributed by atoms with Gasteiger partial charge in [0, 0.05) is 6.07 Å². The lowest BCUT2D eigenvalue weighted by Gasteiger charge is -2.13. The molecular formula is C13H18O5. The summed E-state index contributed by atoms with van der Waals surface area (Å²) in [7, 11) is 2.77. The van der Waals surface area contributed by atoms with E-state index in [4.69, 9.17) is 9.47 Å². The number of phenolic OH excluding ortho intramolecular Hbond substituents is 1. The number of methoxy groups -OCH3 is 2. The van der Waals surface area contributed by atoms with Crippen molar-refractivity contribution in [3.63, 3.8) is 0 Å². The molecule has 0 atom stereocenters. The number of benzene rings is 1. The maximum atomic E-state index is 11.0. The molecule has 0 aliphatic heterocycles. The Kier molecular flexibility index (Phi) is 5.30. The Morgan fingerprint density at radius 3 is 2.56 bits per heavy atom. The predicted molar refractivity (Wildman–Crippen MR) is 66.2 cm³/mol. The highest BCUT2D eigenvalue weighted by atomic mass is 16.6. The quantitative estimate of drug-likeness (QED) is 0.785.